The van der Waals surface area contributed by atoms with Crippen molar-refractivity contribution in [3.63, 3.8) is 0 Å². The van der Waals surface area contributed by atoms with Crippen molar-refractivity contribution in [1.82, 2.24) is 9.80 Å². The number of benzene rings is 1. The minimum atomic E-state index is -1.55. The molecule has 0 spiro atoms. The highest BCUT2D eigenvalue weighted by Crippen LogP contribution is 2.67. The summed E-state index contributed by atoms with van der Waals surface area (Å²) in [6.45, 7) is 6.11. The molecular weight excluding hydrogens is 608 g/mol. The summed E-state index contributed by atoms with van der Waals surface area (Å²) in [6, 6.07) is -2.36. The lowest BCUT2D eigenvalue weighted by Gasteiger charge is -2.58. The molecule has 6 heterocycles. The van der Waals surface area contributed by atoms with E-state index in [1.807, 2.05) is 16.7 Å². The van der Waals surface area contributed by atoms with Gasteiger partial charge in [0.1, 0.15) is 18.1 Å². The first-order valence-electron chi connectivity index (χ1n) is 14.7. The van der Waals surface area contributed by atoms with E-state index in [0.717, 1.165) is 11.8 Å². The molecule has 3 saturated heterocycles. The molecular formula is C31H30N2O11S. The van der Waals surface area contributed by atoms with E-state index in [9.17, 15) is 29.1 Å². The van der Waals surface area contributed by atoms with Gasteiger partial charge in [-0.15, -0.1) is 11.8 Å². The summed E-state index contributed by atoms with van der Waals surface area (Å²) in [5.41, 5.74) is -0.155. The fourth-order valence-corrected chi connectivity index (χ4v) is 10.2. The molecule has 0 amide bonds. The van der Waals surface area contributed by atoms with E-state index in [1.165, 1.54) is 14.0 Å². The molecule has 13 nitrogen and oxygen atoms in total. The number of thioether (sulfide) groups is 1. The van der Waals surface area contributed by atoms with Gasteiger partial charge in [0.15, 0.2) is 23.0 Å². The highest BCUT2D eigenvalue weighted by atomic mass is 32.2. The van der Waals surface area contributed by atoms with Crippen molar-refractivity contribution in [2.75, 3.05) is 32.8 Å². The average molecular weight is 639 g/mol. The quantitative estimate of drug-likeness (QED) is 0.213. The van der Waals surface area contributed by atoms with Crippen molar-refractivity contribution >= 4 is 41.1 Å². The smallest absolute Gasteiger partial charge is 0.375 e. The van der Waals surface area contributed by atoms with Gasteiger partial charge in [0.05, 0.1) is 35.7 Å². The summed E-state index contributed by atoms with van der Waals surface area (Å²) in [4.78, 5) is 70.3. The largest absolute Gasteiger partial charge is 0.492 e. The minimum absolute atomic E-state index is 0.0297. The van der Waals surface area contributed by atoms with Crippen molar-refractivity contribution in [3.8, 4) is 17.2 Å². The Labute approximate surface area is 261 Å². The topological polar surface area (TPSA) is 158 Å². The standard InChI is InChI=1S/C31H30N2O11S/c1-11-22(36)19-18(23(37)25(11)40-5)20-21-28-17-16(27-26(42-10-43-27)12(2)24(17)44-13(3)34)14(6-41-29(38)15(35)7-45-28)33(21)31(39)8-30(19,4)32(20)9-31/h14,20-21,28,39H,6-10H2,1-5H3/t14-,20?,21?,28+,30?,31-/m0/s1. The molecule has 7 aliphatic rings. The molecule has 236 valence electrons. The number of hydrogen-bond acceptors (Lipinski definition) is 14. The van der Waals surface area contributed by atoms with Crippen LogP contribution in [0, 0.1) is 6.92 Å². The van der Waals surface area contributed by atoms with Crippen LogP contribution in [0.25, 0.3) is 0 Å². The highest BCUT2D eigenvalue weighted by Gasteiger charge is 2.73. The number of carbonyl (C=O) groups excluding carboxylic acids is 5. The molecule has 6 atom stereocenters. The molecule has 6 aliphatic heterocycles. The summed E-state index contributed by atoms with van der Waals surface area (Å²) in [6.07, 6.45) is 0.0821. The number of nitrogens with zero attached hydrogens (tertiary/aromatic N) is 2. The van der Waals surface area contributed by atoms with Gasteiger partial charge < -0.3 is 28.8 Å². The van der Waals surface area contributed by atoms with Crippen LogP contribution in [0.15, 0.2) is 22.5 Å². The number of β-amino-alcohol motifs (C(OH)–C–C–N with tert-alkyl or cyclic N) is 1. The van der Waals surface area contributed by atoms with Crippen molar-refractivity contribution in [1.29, 1.82) is 0 Å². The van der Waals surface area contributed by atoms with Gasteiger partial charge in [-0.3, -0.25) is 29.0 Å². The number of cyclic esters (lactones) is 1. The van der Waals surface area contributed by atoms with Crippen LogP contribution >= 0.6 is 11.8 Å². The Morgan fingerprint density at radius 1 is 1.07 bits per heavy atom. The summed E-state index contributed by atoms with van der Waals surface area (Å²) >= 11 is 1.13. The molecule has 3 fully saturated rings. The molecule has 45 heavy (non-hydrogen) atoms. The molecule has 14 heteroatoms. The Morgan fingerprint density at radius 2 is 1.80 bits per heavy atom. The van der Waals surface area contributed by atoms with Crippen LogP contribution in [0.5, 0.6) is 17.2 Å². The third kappa shape index (κ3) is 3.42. The van der Waals surface area contributed by atoms with Crippen molar-refractivity contribution in [2.45, 2.75) is 68.8 Å². The number of rotatable bonds is 2. The number of aliphatic hydroxyl groups is 1. The van der Waals surface area contributed by atoms with E-state index in [-0.39, 0.29) is 55.0 Å². The van der Waals surface area contributed by atoms with Crippen LogP contribution in [0.4, 0.5) is 0 Å². The molecule has 3 unspecified atom stereocenters. The second kappa shape index (κ2) is 9.18. The van der Waals surface area contributed by atoms with Gasteiger partial charge in [0.2, 0.25) is 18.4 Å². The predicted molar refractivity (Wildman–Crippen MR) is 153 cm³/mol. The molecule has 0 saturated carbocycles. The first-order valence-corrected chi connectivity index (χ1v) is 15.7. The van der Waals surface area contributed by atoms with Crippen LogP contribution in [-0.2, 0) is 33.4 Å². The monoisotopic (exact) mass is 638 g/mol. The third-order valence-corrected chi connectivity index (χ3v) is 11.7. The van der Waals surface area contributed by atoms with Crippen molar-refractivity contribution in [3.05, 3.63) is 39.2 Å². The van der Waals surface area contributed by atoms with Gasteiger partial charge in [-0.1, -0.05) is 0 Å². The summed E-state index contributed by atoms with van der Waals surface area (Å²) in [7, 11) is 1.35. The van der Waals surface area contributed by atoms with Crippen LogP contribution in [0.3, 0.4) is 0 Å². The second-order valence-corrected chi connectivity index (χ2v) is 13.8. The van der Waals surface area contributed by atoms with Gasteiger partial charge in [-0.05, 0) is 20.8 Å². The van der Waals surface area contributed by atoms with E-state index in [0.29, 0.717) is 39.3 Å². The number of hydrogen-bond donors (Lipinski definition) is 1. The Kier molecular flexibility index (Phi) is 5.86. The maximum absolute atomic E-state index is 14.2. The minimum Gasteiger partial charge on any atom is -0.492 e. The first kappa shape index (κ1) is 28.7. The number of ketones is 3. The van der Waals surface area contributed by atoms with Gasteiger partial charge in [0, 0.05) is 59.3 Å². The van der Waals surface area contributed by atoms with Gasteiger partial charge in [-0.25, -0.2) is 4.79 Å². The maximum atomic E-state index is 14.2. The zero-order chi connectivity index (χ0) is 31.9. The number of carbonyl (C=O) groups is 5. The molecule has 1 aromatic carbocycles. The molecule has 0 radical (unpaired) electrons. The van der Waals surface area contributed by atoms with E-state index >= 15 is 0 Å². The predicted octanol–water partition coefficient (Wildman–Crippen LogP) is 1.19. The summed E-state index contributed by atoms with van der Waals surface area (Å²) in [5, 5.41) is 11.9. The number of Topliss-reactive ketones (excluding diaryl/α,β-unsaturated/α-hetero) is 3. The number of piperazine rings is 1. The van der Waals surface area contributed by atoms with Gasteiger partial charge >= 0.3 is 11.9 Å². The number of fused-ring (bicyclic) bond motifs is 8. The lowest BCUT2D eigenvalue weighted by Crippen LogP contribution is -2.70. The normalized spacial score (nSPS) is 35.0. The molecule has 1 aliphatic carbocycles. The molecule has 1 aromatic rings. The fourth-order valence-electron chi connectivity index (χ4n) is 8.91. The van der Waals surface area contributed by atoms with E-state index < -0.39 is 58.1 Å². The number of allylic oxidation sites excluding steroid dienone is 2. The first-order chi connectivity index (χ1) is 21.3. The lowest BCUT2D eigenvalue weighted by molar-refractivity contribution is -0.190. The van der Waals surface area contributed by atoms with Crippen molar-refractivity contribution in [2.24, 2.45) is 0 Å². The number of methoxy groups -OCH3 is 1. The molecule has 0 aromatic heterocycles. The Morgan fingerprint density at radius 3 is 2.51 bits per heavy atom. The Hall–Kier alpha value is -3.72. The van der Waals surface area contributed by atoms with Crippen LogP contribution in [0.2, 0.25) is 0 Å². The second-order valence-electron chi connectivity index (χ2n) is 12.7. The maximum Gasteiger partial charge on any atom is 0.375 e. The van der Waals surface area contributed by atoms with Crippen LogP contribution in [-0.4, -0.2) is 100 Å². The third-order valence-electron chi connectivity index (χ3n) is 10.4. The fraction of sp³-hybridized carbons (Fsp3) is 0.516. The average Bonchev–Trinajstić information content (AvgIpc) is 3.63. The van der Waals surface area contributed by atoms with Crippen molar-refractivity contribution < 1.29 is 52.8 Å². The number of ether oxygens (including phenoxy) is 5. The van der Waals surface area contributed by atoms with E-state index in [4.69, 9.17) is 23.7 Å². The van der Waals surface area contributed by atoms with Gasteiger partial charge in [0.25, 0.3) is 0 Å². The molecule has 4 bridgehead atoms. The van der Waals surface area contributed by atoms with E-state index in [2.05, 4.69) is 0 Å². The Bertz CT molecular complexity index is 1770. The molecule has 8 rings (SSSR count). The zero-order valence-corrected chi connectivity index (χ0v) is 26.0. The highest BCUT2D eigenvalue weighted by molar-refractivity contribution is 8.00. The SMILES string of the molecule is COC1=C(C)C(=O)C2=C(C1=O)C1C3[C@@H]4SCC(=O)C(=O)OC[C@@H](c5c6c(c(C)c(OC(C)=O)c54)OCO6)N3[C@@]3(O)CN1C2(C)C3. The van der Waals surface area contributed by atoms with Crippen LogP contribution in [0.1, 0.15) is 55.2 Å². The zero-order valence-electron chi connectivity index (χ0n) is 25.2. The summed E-state index contributed by atoms with van der Waals surface area (Å²) in [5.74, 6) is -2.39. The number of esters is 2. The summed E-state index contributed by atoms with van der Waals surface area (Å²) < 4.78 is 28.8. The van der Waals surface area contributed by atoms with Gasteiger partial charge in [-0.2, -0.15) is 0 Å². The molecule has 1 N–H and O–H groups in total. The lowest BCUT2D eigenvalue weighted by atomic mass is 9.72. The van der Waals surface area contributed by atoms with E-state index in [1.54, 1.807) is 13.8 Å². The van der Waals surface area contributed by atoms with Crippen LogP contribution < -0.4 is 14.2 Å². The Balaban J connectivity index is 1.44.